The van der Waals surface area contributed by atoms with Crippen LogP contribution in [0.2, 0.25) is 0 Å². The van der Waals surface area contributed by atoms with Crippen molar-refractivity contribution in [2.75, 3.05) is 39.8 Å². The molecule has 1 fully saturated rings. The Labute approximate surface area is 98.6 Å². The lowest BCUT2D eigenvalue weighted by Gasteiger charge is -2.32. The maximum atomic E-state index is 9.24. The van der Waals surface area contributed by atoms with Crippen molar-refractivity contribution in [2.24, 2.45) is 11.3 Å². The third-order valence-corrected chi connectivity index (χ3v) is 3.67. The predicted molar refractivity (Wildman–Crippen MR) is 65.3 cm³/mol. The Morgan fingerprint density at radius 1 is 1.50 bits per heavy atom. The molecule has 16 heavy (non-hydrogen) atoms. The highest BCUT2D eigenvalue weighted by atomic mass is 16.3. The third kappa shape index (κ3) is 4.01. The zero-order valence-corrected chi connectivity index (χ0v) is 10.7. The second-order valence-electron chi connectivity index (χ2n) is 5.70. The maximum Gasteiger partial charge on any atom is 0.0894 e. The summed E-state index contributed by atoms with van der Waals surface area (Å²) >= 11 is 0. The molecule has 0 saturated carbocycles. The van der Waals surface area contributed by atoms with Crippen LogP contribution >= 0.6 is 0 Å². The van der Waals surface area contributed by atoms with Crippen molar-refractivity contribution in [3.05, 3.63) is 0 Å². The molecule has 0 bridgehead atoms. The van der Waals surface area contributed by atoms with Gasteiger partial charge in [-0.15, -0.1) is 0 Å². The Morgan fingerprint density at radius 2 is 2.19 bits per heavy atom. The van der Waals surface area contributed by atoms with Gasteiger partial charge in [0.15, 0.2) is 0 Å². The molecule has 1 aliphatic rings. The van der Waals surface area contributed by atoms with Crippen LogP contribution in [-0.4, -0.2) is 61.1 Å². The van der Waals surface area contributed by atoms with Crippen molar-refractivity contribution < 1.29 is 10.2 Å². The van der Waals surface area contributed by atoms with Gasteiger partial charge in [-0.1, -0.05) is 13.8 Å². The number of hydrogen-bond acceptors (Lipinski definition) is 4. The Hall–Kier alpha value is -0.160. The second-order valence-corrected chi connectivity index (χ2v) is 5.70. The molecule has 3 N–H and O–H groups in total. The molecule has 96 valence electrons. The summed E-state index contributed by atoms with van der Waals surface area (Å²) < 4.78 is 0. The van der Waals surface area contributed by atoms with E-state index >= 15 is 0 Å². The number of likely N-dealkylation sites (tertiary alicyclic amines) is 1. The monoisotopic (exact) mass is 230 g/mol. The molecule has 2 unspecified atom stereocenters. The Bertz CT molecular complexity index is 209. The normalized spacial score (nSPS) is 24.9. The largest absolute Gasteiger partial charge is 0.394 e. The van der Waals surface area contributed by atoms with E-state index in [0.717, 1.165) is 19.0 Å². The van der Waals surface area contributed by atoms with E-state index in [0.29, 0.717) is 6.54 Å². The first-order chi connectivity index (χ1) is 7.45. The van der Waals surface area contributed by atoms with E-state index in [4.69, 9.17) is 5.11 Å². The van der Waals surface area contributed by atoms with Crippen LogP contribution in [0.15, 0.2) is 0 Å². The van der Waals surface area contributed by atoms with Crippen LogP contribution < -0.4 is 5.32 Å². The van der Waals surface area contributed by atoms with E-state index < -0.39 is 6.10 Å². The van der Waals surface area contributed by atoms with E-state index in [2.05, 4.69) is 31.1 Å². The second kappa shape index (κ2) is 5.96. The summed E-state index contributed by atoms with van der Waals surface area (Å²) in [6, 6.07) is 0. The van der Waals surface area contributed by atoms with Crippen molar-refractivity contribution >= 4 is 0 Å². The van der Waals surface area contributed by atoms with Gasteiger partial charge in [-0.3, -0.25) is 0 Å². The fourth-order valence-corrected chi connectivity index (χ4v) is 2.34. The SMILES string of the molecule is CN1CCC(C(C)(C)CNCC(O)CO)C1. The number of aliphatic hydroxyl groups is 2. The topological polar surface area (TPSA) is 55.7 Å². The van der Waals surface area contributed by atoms with Crippen molar-refractivity contribution in [1.82, 2.24) is 10.2 Å². The molecule has 0 aromatic rings. The predicted octanol–water partition coefficient (Wildman–Crippen LogP) is -0.0929. The first-order valence-electron chi connectivity index (χ1n) is 6.14. The fourth-order valence-electron chi connectivity index (χ4n) is 2.34. The third-order valence-electron chi connectivity index (χ3n) is 3.67. The molecular weight excluding hydrogens is 204 g/mol. The van der Waals surface area contributed by atoms with Crippen molar-refractivity contribution in [3.63, 3.8) is 0 Å². The average molecular weight is 230 g/mol. The molecular formula is C12H26N2O2. The summed E-state index contributed by atoms with van der Waals surface area (Å²) in [7, 11) is 2.17. The van der Waals surface area contributed by atoms with Gasteiger partial charge in [0.2, 0.25) is 0 Å². The molecule has 0 radical (unpaired) electrons. The van der Waals surface area contributed by atoms with Crippen molar-refractivity contribution in [3.8, 4) is 0 Å². The van der Waals surface area contributed by atoms with Gasteiger partial charge in [0.05, 0.1) is 12.7 Å². The van der Waals surface area contributed by atoms with E-state index in [1.54, 1.807) is 0 Å². The van der Waals surface area contributed by atoms with Gasteiger partial charge in [-0.2, -0.15) is 0 Å². The zero-order valence-electron chi connectivity index (χ0n) is 10.7. The van der Waals surface area contributed by atoms with Gasteiger partial charge in [0.25, 0.3) is 0 Å². The minimum Gasteiger partial charge on any atom is -0.394 e. The molecule has 0 aromatic carbocycles. The van der Waals surface area contributed by atoms with E-state index in [-0.39, 0.29) is 12.0 Å². The molecule has 0 amide bonds. The van der Waals surface area contributed by atoms with Gasteiger partial charge in [-0.05, 0) is 31.3 Å². The van der Waals surface area contributed by atoms with Crippen molar-refractivity contribution in [2.45, 2.75) is 26.4 Å². The van der Waals surface area contributed by atoms with Crippen LogP contribution in [-0.2, 0) is 0 Å². The molecule has 0 spiro atoms. The number of hydrogen-bond donors (Lipinski definition) is 3. The molecule has 4 heteroatoms. The quantitative estimate of drug-likeness (QED) is 0.597. The number of aliphatic hydroxyl groups excluding tert-OH is 2. The molecule has 1 heterocycles. The van der Waals surface area contributed by atoms with Gasteiger partial charge >= 0.3 is 0 Å². The maximum absolute atomic E-state index is 9.24. The summed E-state index contributed by atoms with van der Waals surface area (Å²) in [5, 5.41) is 21.2. The lowest BCUT2D eigenvalue weighted by molar-refractivity contribution is 0.0893. The van der Waals surface area contributed by atoms with Gasteiger partial charge in [-0.25, -0.2) is 0 Å². The highest BCUT2D eigenvalue weighted by molar-refractivity contribution is 4.87. The minimum atomic E-state index is -0.637. The van der Waals surface area contributed by atoms with Crippen LogP contribution in [0.4, 0.5) is 0 Å². The molecule has 1 aliphatic heterocycles. The Kier molecular flexibility index (Phi) is 5.18. The van der Waals surface area contributed by atoms with E-state index in [1.807, 2.05) is 0 Å². The highest BCUT2D eigenvalue weighted by Crippen LogP contribution is 2.32. The van der Waals surface area contributed by atoms with Gasteiger partial charge < -0.3 is 20.4 Å². The Balaban J connectivity index is 2.28. The number of nitrogens with zero attached hydrogens (tertiary/aromatic N) is 1. The number of rotatable bonds is 6. The summed E-state index contributed by atoms with van der Waals surface area (Å²) in [6.07, 6.45) is 0.621. The van der Waals surface area contributed by atoms with Crippen LogP contribution in [0, 0.1) is 11.3 Å². The highest BCUT2D eigenvalue weighted by Gasteiger charge is 2.33. The fraction of sp³-hybridized carbons (Fsp3) is 1.00. The summed E-state index contributed by atoms with van der Waals surface area (Å²) in [5.41, 5.74) is 0.250. The summed E-state index contributed by atoms with van der Waals surface area (Å²) in [5.74, 6) is 0.719. The van der Waals surface area contributed by atoms with Crippen molar-refractivity contribution in [1.29, 1.82) is 0 Å². The van der Waals surface area contributed by atoms with Gasteiger partial charge in [0.1, 0.15) is 0 Å². The van der Waals surface area contributed by atoms with Crippen LogP contribution in [0.3, 0.4) is 0 Å². The first kappa shape index (κ1) is 13.9. The standard InChI is InChI=1S/C12H26N2O2/c1-12(2,9-13-6-11(16)8-15)10-4-5-14(3)7-10/h10-11,13,15-16H,4-9H2,1-3H3. The van der Waals surface area contributed by atoms with Crippen LogP contribution in [0.5, 0.6) is 0 Å². The van der Waals surface area contributed by atoms with Crippen LogP contribution in [0.25, 0.3) is 0 Å². The first-order valence-corrected chi connectivity index (χ1v) is 6.14. The molecule has 1 saturated heterocycles. The van der Waals surface area contributed by atoms with Crippen LogP contribution in [0.1, 0.15) is 20.3 Å². The average Bonchev–Trinajstić information content (AvgIpc) is 2.65. The molecule has 2 atom stereocenters. The molecule has 1 rings (SSSR count). The summed E-state index contributed by atoms with van der Waals surface area (Å²) in [4.78, 5) is 2.37. The summed E-state index contributed by atoms with van der Waals surface area (Å²) in [6.45, 7) is 8.10. The van der Waals surface area contributed by atoms with E-state index in [1.165, 1.54) is 13.0 Å². The molecule has 0 aromatic heterocycles. The Morgan fingerprint density at radius 3 is 2.69 bits per heavy atom. The van der Waals surface area contributed by atoms with E-state index in [9.17, 15) is 5.11 Å². The molecule has 4 nitrogen and oxygen atoms in total. The smallest absolute Gasteiger partial charge is 0.0894 e. The number of nitrogens with one attached hydrogen (secondary N) is 1. The zero-order chi connectivity index (χ0) is 12.2. The molecule has 0 aliphatic carbocycles. The minimum absolute atomic E-state index is 0.167. The lowest BCUT2D eigenvalue weighted by Crippen LogP contribution is -2.40. The van der Waals surface area contributed by atoms with Gasteiger partial charge in [0, 0.05) is 19.6 Å². The lowest BCUT2D eigenvalue weighted by atomic mass is 9.78.